The van der Waals surface area contributed by atoms with Gasteiger partial charge >= 0.3 is 12.4 Å². The van der Waals surface area contributed by atoms with Gasteiger partial charge in [-0.1, -0.05) is 5.21 Å². The fourth-order valence-electron chi connectivity index (χ4n) is 3.61. The number of piperazine rings is 1. The van der Waals surface area contributed by atoms with Gasteiger partial charge in [0.15, 0.2) is 17.0 Å². The average molecular weight is 473 g/mol. The Bertz CT molecular complexity index is 1150. The van der Waals surface area contributed by atoms with E-state index in [1.807, 2.05) is 11.8 Å². The molecule has 0 radical (unpaired) electrons. The van der Waals surface area contributed by atoms with Crippen LogP contribution in [0.2, 0.25) is 0 Å². The standard InChI is InChI=1S/C19H17F6N7O/c1-2-32-16-14(28-29-32)15(26-10-27-16)30-3-5-31(6-4-30)17(33)11-7-12(18(20,21)22)9-13(8-11)19(23,24)25/h7-10H,2-6H2,1H3. The molecule has 176 valence electrons. The molecular weight excluding hydrogens is 456 g/mol. The zero-order valence-electron chi connectivity index (χ0n) is 17.2. The van der Waals surface area contributed by atoms with Gasteiger partial charge in [-0.25, -0.2) is 14.6 Å². The molecular formula is C19H17F6N7O. The maximum Gasteiger partial charge on any atom is 0.416 e. The van der Waals surface area contributed by atoms with E-state index in [9.17, 15) is 31.1 Å². The Morgan fingerprint density at radius 3 is 2.09 bits per heavy atom. The first-order valence-corrected chi connectivity index (χ1v) is 9.87. The summed E-state index contributed by atoms with van der Waals surface area (Å²) in [7, 11) is 0. The van der Waals surface area contributed by atoms with Crippen LogP contribution in [0.3, 0.4) is 0 Å². The van der Waals surface area contributed by atoms with Crippen molar-refractivity contribution in [2.24, 2.45) is 0 Å². The number of hydrogen-bond acceptors (Lipinski definition) is 6. The molecule has 3 heterocycles. The Morgan fingerprint density at radius 1 is 0.939 bits per heavy atom. The molecule has 33 heavy (non-hydrogen) atoms. The number of nitrogens with zero attached hydrogens (tertiary/aromatic N) is 7. The summed E-state index contributed by atoms with van der Waals surface area (Å²) in [6.45, 7) is 3.07. The van der Waals surface area contributed by atoms with Crippen molar-refractivity contribution in [3.8, 4) is 0 Å². The monoisotopic (exact) mass is 473 g/mol. The second kappa shape index (κ2) is 8.15. The Balaban J connectivity index is 1.55. The van der Waals surface area contributed by atoms with Crippen molar-refractivity contribution >= 4 is 22.9 Å². The third-order valence-electron chi connectivity index (χ3n) is 5.28. The number of anilines is 1. The minimum absolute atomic E-state index is 0.00144. The molecule has 0 atom stereocenters. The minimum atomic E-state index is -5.02. The lowest BCUT2D eigenvalue weighted by molar-refractivity contribution is -0.143. The molecule has 1 aliphatic rings. The van der Waals surface area contributed by atoms with Gasteiger partial charge in [0.25, 0.3) is 5.91 Å². The van der Waals surface area contributed by atoms with E-state index >= 15 is 0 Å². The molecule has 0 unspecified atom stereocenters. The molecule has 1 aliphatic heterocycles. The zero-order valence-corrected chi connectivity index (χ0v) is 17.2. The smallest absolute Gasteiger partial charge is 0.351 e. The van der Waals surface area contributed by atoms with Gasteiger partial charge in [-0.2, -0.15) is 26.3 Å². The van der Waals surface area contributed by atoms with Crippen molar-refractivity contribution in [2.45, 2.75) is 25.8 Å². The van der Waals surface area contributed by atoms with Crippen LogP contribution in [0.4, 0.5) is 32.2 Å². The van der Waals surface area contributed by atoms with E-state index in [1.54, 1.807) is 4.68 Å². The summed E-state index contributed by atoms with van der Waals surface area (Å²) in [4.78, 5) is 24.2. The first kappa shape index (κ1) is 22.7. The van der Waals surface area contributed by atoms with Crippen LogP contribution in [0.15, 0.2) is 24.5 Å². The Morgan fingerprint density at radius 2 is 1.55 bits per heavy atom. The lowest BCUT2D eigenvalue weighted by Crippen LogP contribution is -2.49. The van der Waals surface area contributed by atoms with E-state index in [0.717, 1.165) is 0 Å². The highest BCUT2D eigenvalue weighted by Gasteiger charge is 2.38. The van der Waals surface area contributed by atoms with Gasteiger partial charge in [-0.05, 0) is 25.1 Å². The first-order valence-electron chi connectivity index (χ1n) is 9.87. The number of aromatic nitrogens is 5. The van der Waals surface area contributed by atoms with Gasteiger partial charge in [0.2, 0.25) is 0 Å². The van der Waals surface area contributed by atoms with Crippen molar-refractivity contribution in [3.63, 3.8) is 0 Å². The van der Waals surface area contributed by atoms with Gasteiger partial charge in [0, 0.05) is 38.3 Å². The molecule has 8 nitrogen and oxygen atoms in total. The predicted molar refractivity (Wildman–Crippen MR) is 103 cm³/mol. The number of fused-ring (bicyclic) bond motifs is 1. The number of aryl methyl sites for hydroxylation is 1. The number of benzene rings is 1. The van der Waals surface area contributed by atoms with E-state index < -0.39 is 35.0 Å². The SMILES string of the molecule is CCn1nnc2c(N3CCN(C(=O)c4cc(C(F)(F)F)cc(C(F)(F)F)c4)CC3)ncnc21. The molecule has 1 saturated heterocycles. The number of alkyl halides is 6. The Kier molecular flexibility index (Phi) is 5.62. The summed E-state index contributed by atoms with van der Waals surface area (Å²) in [5.41, 5.74) is -2.72. The molecule has 14 heteroatoms. The third-order valence-corrected chi connectivity index (χ3v) is 5.28. The summed E-state index contributed by atoms with van der Waals surface area (Å²) in [6, 6.07) is 0.889. The minimum Gasteiger partial charge on any atom is -0.351 e. The van der Waals surface area contributed by atoms with Gasteiger partial charge in [0.1, 0.15) is 6.33 Å². The van der Waals surface area contributed by atoms with Crippen molar-refractivity contribution in [1.29, 1.82) is 0 Å². The average Bonchev–Trinajstić information content (AvgIpc) is 3.20. The summed E-state index contributed by atoms with van der Waals surface area (Å²) in [6.07, 6.45) is -8.70. The van der Waals surface area contributed by atoms with Crippen molar-refractivity contribution in [3.05, 3.63) is 41.2 Å². The van der Waals surface area contributed by atoms with E-state index in [-0.39, 0.29) is 32.2 Å². The van der Waals surface area contributed by atoms with Crippen LogP contribution in [0.25, 0.3) is 11.2 Å². The predicted octanol–water partition coefficient (Wildman–Crippen LogP) is 3.24. The van der Waals surface area contributed by atoms with Crippen LogP contribution >= 0.6 is 0 Å². The van der Waals surface area contributed by atoms with Crippen LogP contribution in [0.5, 0.6) is 0 Å². The number of carbonyl (C=O) groups is 1. The summed E-state index contributed by atoms with van der Waals surface area (Å²) < 4.78 is 80.3. The maximum atomic E-state index is 13.1. The van der Waals surface area contributed by atoms with Crippen LogP contribution in [0, 0.1) is 0 Å². The van der Waals surface area contributed by atoms with Crippen molar-refractivity contribution in [2.75, 3.05) is 31.1 Å². The Hall–Kier alpha value is -3.45. The Labute approximate surface area is 182 Å². The van der Waals surface area contributed by atoms with Gasteiger partial charge in [-0.3, -0.25) is 4.79 Å². The van der Waals surface area contributed by atoms with E-state index in [4.69, 9.17) is 0 Å². The number of carbonyl (C=O) groups excluding carboxylic acids is 1. The molecule has 0 saturated carbocycles. The molecule has 0 spiro atoms. The topological polar surface area (TPSA) is 80.0 Å². The normalized spacial score (nSPS) is 15.4. The lowest BCUT2D eigenvalue weighted by atomic mass is 10.0. The maximum absolute atomic E-state index is 13.1. The second-order valence-corrected chi connectivity index (χ2v) is 7.35. The highest BCUT2D eigenvalue weighted by Crippen LogP contribution is 2.36. The number of amides is 1. The largest absolute Gasteiger partial charge is 0.416 e. The zero-order chi connectivity index (χ0) is 24.0. The summed E-state index contributed by atoms with van der Waals surface area (Å²) >= 11 is 0. The molecule has 2 aromatic heterocycles. The first-order chi connectivity index (χ1) is 15.5. The number of rotatable bonds is 3. The van der Waals surface area contributed by atoms with Crippen LogP contribution < -0.4 is 4.90 Å². The number of halogens is 6. The molecule has 1 amide bonds. The molecule has 1 aromatic carbocycles. The molecule has 3 aromatic rings. The highest BCUT2D eigenvalue weighted by atomic mass is 19.4. The van der Waals surface area contributed by atoms with Gasteiger partial charge < -0.3 is 9.80 Å². The molecule has 0 bridgehead atoms. The van der Waals surface area contributed by atoms with E-state index in [2.05, 4.69) is 20.3 Å². The van der Waals surface area contributed by atoms with Crippen molar-refractivity contribution < 1.29 is 31.1 Å². The lowest BCUT2D eigenvalue weighted by Gasteiger charge is -2.35. The van der Waals surface area contributed by atoms with Gasteiger partial charge in [-0.15, -0.1) is 5.10 Å². The van der Waals surface area contributed by atoms with E-state index in [0.29, 0.717) is 35.7 Å². The van der Waals surface area contributed by atoms with Crippen molar-refractivity contribution in [1.82, 2.24) is 29.9 Å². The van der Waals surface area contributed by atoms with Crippen LogP contribution in [-0.2, 0) is 18.9 Å². The summed E-state index contributed by atoms with van der Waals surface area (Å²) in [5.74, 6) is -0.416. The van der Waals surface area contributed by atoms with Crippen LogP contribution in [-0.4, -0.2) is 61.9 Å². The molecule has 0 aliphatic carbocycles. The second-order valence-electron chi connectivity index (χ2n) is 7.35. The van der Waals surface area contributed by atoms with Gasteiger partial charge in [0.05, 0.1) is 11.1 Å². The van der Waals surface area contributed by atoms with E-state index in [1.165, 1.54) is 11.2 Å². The quantitative estimate of drug-likeness (QED) is 0.544. The molecule has 1 fully saturated rings. The molecule has 4 rings (SSSR count). The molecule has 0 N–H and O–H groups in total. The third kappa shape index (κ3) is 4.41. The fourth-order valence-corrected chi connectivity index (χ4v) is 3.61. The van der Waals surface area contributed by atoms with Crippen LogP contribution in [0.1, 0.15) is 28.4 Å². The number of hydrogen-bond donors (Lipinski definition) is 0. The fraction of sp³-hybridized carbons (Fsp3) is 0.421. The summed E-state index contributed by atoms with van der Waals surface area (Å²) in [5, 5.41) is 8.08. The highest BCUT2D eigenvalue weighted by molar-refractivity contribution is 5.95.